The van der Waals surface area contributed by atoms with E-state index in [2.05, 4.69) is 5.32 Å². The topological polar surface area (TPSA) is 142 Å². The van der Waals surface area contributed by atoms with Crippen molar-refractivity contribution in [2.75, 3.05) is 20.2 Å². The van der Waals surface area contributed by atoms with Crippen molar-refractivity contribution in [1.29, 1.82) is 0 Å². The number of amides is 1. The molecule has 1 unspecified atom stereocenters. The number of carbonyl (C=O) groups excluding carboxylic acids is 2. The molecule has 0 saturated carbocycles. The first-order valence-electron chi connectivity index (χ1n) is 8.61. The summed E-state index contributed by atoms with van der Waals surface area (Å²) < 4.78 is 41.0. The first kappa shape index (κ1) is 23.0. The Morgan fingerprint density at radius 1 is 1.37 bits per heavy atom. The van der Waals surface area contributed by atoms with Crippen LogP contribution in [0, 0.1) is 11.8 Å². The van der Waals surface area contributed by atoms with Gasteiger partial charge in [-0.2, -0.15) is 4.57 Å². The standard InChI is InChI=1S/C17H27N3O6S/c1-12(2)7-13(9-18)8-16(21)26-11-15(27(23,24)25)20-6-4-5-14(10-20)17(22)19-3/h4-6,10,12-13,15H,7-9,11,18H2,1-3H3,(H-,19,22,23,24,25)/t13?,15-/m0/s1. The highest BCUT2D eigenvalue weighted by Gasteiger charge is 2.29. The molecule has 0 aromatic carbocycles. The molecule has 1 rings (SSSR count). The predicted molar refractivity (Wildman–Crippen MR) is 96.3 cm³/mol. The van der Waals surface area contributed by atoms with E-state index in [0.717, 1.165) is 11.0 Å². The monoisotopic (exact) mass is 401 g/mol. The van der Waals surface area contributed by atoms with Gasteiger partial charge in [0.05, 0.1) is 0 Å². The number of carbonyl (C=O) groups is 2. The summed E-state index contributed by atoms with van der Waals surface area (Å²) in [6, 6.07) is 2.89. The summed E-state index contributed by atoms with van der Waals surface area (Å²) in [5.74, 6) is -0.793. The number of nitrogens with zero attached hydrogens (tertiary/aromatic N) is 1. The van der Waals surface area contributed by atoms with E-state index >= 15 is 0 Å². The Balaban J connectivity index is 2.89. The van der Waals surface area contributed by atoms with Gasteiger partial charge in [0.15, 0.2) is 29.1 Å². The summed E-state index contributed by atoms with van der Waals surface area (Å²) in [5.41, 5.74) is 5.81. The van der Waals surface area contributed by atoms with Crippen molar-refractivity contribution in [3.8, 4) is 0 Å². The second-order valence-corrected chi connectivity index (χ2v) is 8.21. The zero-order valence-corrected chi connectivity index (χ0v) is 16.6. The van der Waals surface area contributed by atoms with Crippen molar-refractivity contribution in [2.24, 2.45) is 17.6 Å². The molecule has 0 bridgehead atoms. The van der Waals surface area contributed by atoms with Gasteiger partial charge in [-0.05, 0) is 30.9 Å². The molecule has 0 aliphatic rings. The largest absolute Gasteiger partial charge is 0.743 e. The van der Waals surface area contributed by atoms with Crippen LogP contribution in [0.15, 0.2) is 24.5 Å². The fourth-order valence-electron chi connectivity index (χ4n) is 2.66. The van der Waals surface area contributed by atoms with Gasteiger partial charge in [0.25, 0.3) is 11.3 Å². The van der Waals surface area contributed by atoms with Crippen molar-refractivity contribution < 1.29 is 31.9 Å². The number of pyridine rings is 1. The van der Waals surface area contributed by atoms with E-state index in [1.54, 1.807) is 0 Å². The number of ether oxygens (including phenoxy) is 1. The summed E-state index contributed by atoms with van der Waals surface area (Å²) in [6.07, 6.45) is 3.32. The Hall–Kier alpha value is -2.04. The molecule has 9 nitrogen and oxygen atoms in total. The lowest BCUT2D eigenvalue weighted by Crippen LogP contribution is -2.47. The Bertz CT molecular complexity index is 751. The van der Waals surface area contributed by atoms with Crippen LogP contribution in [-0.2, 0) is 19.6 Å². The Labute approximate surface area is 159 Å². The molecule has 2 atom stereocenters. The Morgan fingerprint density at radius 3 is 2.56 bits per heavy atom. The molecule has 0 fully saturated rings. The molecule has 0 saturated heterocycles. The van der Waals surface area contributed by atoms with E-state index in [-0.39, 0.29) is 17.9 Å². The van der Waals surface area contributed by atoms with Gasteiger partial charge < -0.3 is 20.3 Å². The van der Waals surface area contributed by atoms with Gasteiger partial charge >= 0.3 is 5.97 Å². The fourth-order valence-corrected chi connectivity index (χ4v) is 3.32. The van der Waals surface area contributed by atoms with E-state index < -0.39 is 34.0 Å². The number of hydrogen-bond donors (Lipinski definition) is 2. The maximum absolute atomic E-state index is 12.0. The van der Waals surface area contributed by atoms with Crippen molar-refractivity contribution in [2.45, 2.75) is 32.1 Å². The zero-order chi connectivity index (χ0) is 20.6. The van der Waals surface area contributed by atoms with E-state index in [4.69, 9.17) is 10.5 Å². The normalized spacial score (nSPS) is 13.9. The van der Waals surface area contributed by atoms with E-state index in [0.29, 0.717) is 12.5 Å². The minimum atomic E-state index is -4.84. The third-order valence-electron chi connectivity index (χ3n) is 3.96. The Kier molecular flexibility index (Phi) is 8.80. The van der Waals surface area contributed by atoms with Crippen LogP contribution < -0.4 is 15.6 Å². The van der Waals surface area contributed by atoms with Crippen LogP contribution in [0.25, 0.3) is 0 Å². The third-order valence-corrected chi connectivity index (χ3v) is 5.00. The lowest BCUT2D eigenvalue weighted by atomic mass is 9.94. The summed E-state index contributed by atoms with van der Waals surface area (Å²) >= 11 is 0. The van der Waals surface area contributed by atoms with Crippen molar-refractivity contribution in [3.05, 3.63) is 30.1 Å². The second kappa shape index (κ2) is 10.3. The molecule has 152 valence electrons. The maximum Gasteiger partial charge on any atom is 0.306 e. The van der Waals surface area contributed by atoms with Crippen LogP contribution >= 0.6 is 0 Å². The molecule has 1 heterocycles. The van der Waals surface area contributed by atoms with Gasteiger partial charge in [0.2, 0.25) is 0 Å². The second-order valence-electron chi connectivity index (χ2n) is 6.68. The SMILES string of the molecule is CNC(=O)c1ccc[n+]([C@H](COC(=O)CC(CN)CC(C)C)S(=O)(=O)[O-])c1. The average molecular weight is 401 g/mol. The van der Waals surface area contributed by atoms with Gasteiger partial charge in [-0.25, -0.2) is 8.42 Å². The van der Waals surface area contributed by atoms with Crippen molar-refractivity contribution in [3.63, 3.8) is 0 Å². The number of nitrogens with one attached hydrogen (secondary N) is 1. The van der Waals surface area contributed by atoms with Crippen LogP contribution in [-0.4, -0.2) is 45.0 Å². The molecule has 0 radical (unpaired) electrons. The molecular formula is C17H27N3O6S. The third kappa shape index (κ3) is 7.61. The van der Waals surface area contributed by atoms with Crippen LogP contribution in [0.3, 0.4) is 0 Å². The summed E-state index contributed by atoms with van der Waals surface area (Å²) in [4.78, 5) is 23.7. The molecule has 1 aromatic rings. The number of esters is 1. The van der Waals surface area contributed by atoms with E-state index in [1.807, 2.05) is 13.8 Å². The van der Waals surface area contributed by atoms with Crippen molar-refractivity contribution >= 4 is 22.0 Å². The highest BCUT2D eigenvalue weighted by Crippen LogP contribution is 2.16. The number of rotatable bonds is 10. The molecule has 27 heavy (non-hydrogen) atoms. The lowest BCUT2D eigenvalue weighted by Gasteiger charge is -2.18. The Morgan fingerprint density at radius 2 is 2.04 bits per heavy atom. The molecule has 10 heteroatoms. The van der Waals surface area contributed by atoms with Gasteiger partial charge in [-0.15, -0.1) is 0 Å². The highest BCUT2D eigenvalue weighted by atomic mass is 32.2. The van der Waals surface area contributed by atoms with Gasteiger partial charge in [0, 0.05) is 19.5 Å². The number of hydrogen-bond acceptors (Lipinski definition) is 7. The van der Waals surface area contributed by atoms with Crippen molar-refractivity contribution in [1.82, 2.24) is 5.32 Å². The van der Waals surface area contributed by atoms with Crippen LogP contribution in [0.5, 0.6) is 0 Å². The number of nitrogens with two attached hydrogens (primary N) is 1. The van der Waals surface area contributed by atoms with Gasteiger partial charge in [-0.1, -0.05) is 13.8 Å². The molecule has 1 aromatic heterocycles. The van der Waals surface area contributed by atoms with Gasteiger partial charge in [0.1, 0.15) is 5.56 Å². The smallest absolute Gasteiger partial charge is 0.306 e. The van der Waals surface area contributed by atoms with Crippen LogP contribution in [0.4, 0.5) is 0 Å². The molecule has 0 aliphatic heterocycles. The minimum Gasteiger partial charge on any atom is -0.743 e. The van der Waals surface area contributed by atoms with E-state index in [1.165, 1.54) is 31.6 Å². The summed E-state index contributed by atoms with van der Waals surface area (Å²) in [5, 5.41) is 0.729. The van der Waals surface area contributed by atoms with Crippen LogP contribution in [0.2, 0.25) is 0 Å². The van der Waals surface area contributed by atoms with Crippen LogP contribution in [0.1, 0.15) is 42.4 Å². The fraction of sp³-hybridized carbons (Fsp3) is 0.588. The van der Waals surface area contributed by atoms with Gasteiger partial charge in [-0.3, -0.25) is 9.59 Å². The van der Waals surface area contributed by atoms with E-state index in [9.17, 15) is 22.6 Å². The molecular weight excluding hydrogens is 374 g/mol. The molecule has 0 spiro atoms. The maximum atomic E-state index is 12.0. The summed E-state index contributed by atoms with van der Waals surface area (Å²) in [6.45, 7) is 3.67. The summed E-state index contributed by atoms with van der Waals surface area (Å²) in [7, 11) is -3.41. The molecule has 3 N–H and O–H groups in total. The average Bonchev–Trinajstić information content (AvgIpc) is 2.59. The number of aromatic nitrogens is 1. The highest BCUT2D eigenvalue weighted by molar-refractivity contribution is 7.85. The minimum absolute atomic E-state index is 0.0449. The lowest BCUT2D eigenvalue weighted by molar-refractivity contribution is -0.703. The first-order valence-corrected chi connectivity index (χ1v) is 10.1. The predicted octanol–water partition coefficient (Wildman–Crippen LogP) is -0.0682. The first-order chi connectivity index (χ1) is 12.6. The molecule has 0 aliphatic carbocycles. The quantitative estimate of drug-likeness (QED) is 0.317. The molecule has 1 amide bonds. The zero-order valence-electron chi connectivity index (χ0n) is 15.8.